The van der Waals surface area contributed by atoms with Gasteiger partial charge in [0.2, 0.25) is 0 Å². The average molecular weight is 453 g/mol. The summed E-state index contributed by atoms with van der Waals surface area (Å²) in [6.45, 7) is 7.24. The molecule has 0 unspecified atom stereocenters. The maximum absolute atomic E-state index is 13.1. The Labute approximate surface area is 195 Å². The van der Waals surface area contributed by atoms with E-state index in [1.807, 2.05) is 64.0 Å². The maximum atomic E-state index is 13.1. The van der Waals surface area contributed by atoms with Crippen molar-refractivity contribution in [2.75, 3.05) is 33.8 Å². The van der Waals surface area contributed by atoms with Gasteiger partial charge in [0.25, 0.3) is 11.7 Å². The molecule has 0 saturated carbocycles. The van der Waals surface area contributed by atoms with Crippen molar-refractivity contribution < 1.29 is 24.2 Å². The van der Waals surface area contributed by atoms with Gasteiger partial charge in [0.1, 0.15) is 17.3 Å². The molecule has 1 fully saturated rings. The Morgan fingerprint density at radius 1 is 1.03 bits per heavy atom. The number of ketones is 1. The van der Waals surface area contributed by atoms with E-state index in [9.17, 15) is 14.7 Å². The second kappa shape index (κ2) is 10.5. The van der Waals surface area contributed by atoms with Crippen molar-refractivity contribution in [3.63, 3.8) is 0 Å². The van der Waals surface area contributed by atoms with Crippen LogP contribution in [0.5, 0.6) is 11.5 Å². The summed E-state index contributed by atoms with van der Waals surface area (Å²) < 4.78 is 11.2. The monoisotopic (exact) mass is 452 g/mol. The van der Waals surface area contributed by atoms with Crippen LogP contribution in [0.2, 0.25) is 0 Å². The van der Waals surface area contributed by atoms with Crippen molar-refractivity contribution >= 4 is 17.4 Å². The smallest absolute Gasteiger partial charge is 0.295 e. The molecule has 1 aliphatic rings. The summed E-state index contributed by atoms with van der Waals surface area (Å²) in [5, 5.41) is 11.1. The molecule has 176 valence electrons. The highest BCUT2D eigenvalue weighted by molar-refractivity contribution is 6.46. The third-order valence-electron chi connectivity index (χ3n) is 5.33. The number of hydrogen-bond donors (Lipinski definition) is 1. The summed E-state index contributed by atoms with van der Waals surface area (Å²) in [6.07, 6.45) is 0.0289. The fourth-order valence-corrected chi connectivity index (χ4v) is 3.80. The van der Waals surface area contributed by atoms with Crippen LogP contribution in [-0.2, 0) is 9.59 Å². The van der Waals surface area contributed by atoms with E-state index in [4.69, 9.17) is 9.47 Å². The van der Waals surface area contributed by atoms with Gasteiger partial charge in [0, 0.05) is 18.7 Å². The Hall–Kier alpha value is -3.32. The maximum Gasteiger partial charge on any atom is 0.295 e. The lowest BCUT2D eigenvalue weighted by molar-refractivity contribution is -0.140. The molecular weight excluding hydrogens is 420 g/mol. The van der Waals surface area contributed by atoms with Crippen molar-refractivity contribution in [3.8, 4) is 11.5 Å². The summed E-state index contributed by atoms with van der Waals surface area (Å²) in [5.41, 5.74) is 1.27. The number of likely N-dealkylation sites (tertiary alicyclic amines) is 1. The molecule has 1 atom stereocenters. The van der Waals surface area contributed by atoms with Gasteiger partial charge in [-0.25, -0.2) is 0 Å². The number of carbonyl (C=O) groups excluding carboxylic acids is 2. The first-order valence-corrected chi connectivity index (χ1v) is 11.2. The fourth-order valence-electron chi connectivity index (χ4n) is 3.80. The number of hydrogen-bond acceptors (Lipinski definition) is 6. The minimum atomic E-state index is -0.690. The number of ether oxygens (including phenoxy) is 2. The van der Waals surface area contributed by atoms with Gasteiger partial charge in [0.15, 0.2) is 0 Å². The molecule has 0 aromatic heterocycles. The van der Waals surface area contributed by atoms with Crippen LogP contribution in [-0.4, -0.2) is 66.5 Å². The minimum Gasteiger partial charge on any atom is -0.507 e. The molecule has 2 aromatic rings. The fraction of sp³-hybridized carbons (Fsp3) is 0.385. The number of Topliss-reactive ketones (excluding diaryl/α,β-unsaturated/α-hetero) is 1. The van der Waals surface area contributed by atoms with Crippen LogP contribution >= 0.6 is 0 Å². The predicted octanol–water partition coefficient (Wildman–Crippen LogP) is 3.86. The molecule has 0 spiro atoms. The SMILES string of the molecule is CCOc1ccc(/C(O)=C2\C(=O)C(=O)N(CCN(C)C)[C@@H]2c2ccc(OC(C)C)cc2)cc1. The summed E-state index contributed by atoms with van der Waals surface area (Å²) in [6, 6.07) is 13.4. The zero-order chi connectivity index (χ0) is 24.1. The van der Waals surface area contributed by atoms with Crippen LogP contribution in [0.15, 0.2) is 54.1 Å². The highest BCUT2D eigenvalue weighted by Crippen LogP contribution is 2.39. The van der Waals surface area contributed by atoms with Gasteiger partial charge >= 0.3 is 0 Å². The van der Waals surface area contributed by atoms with Gasteiger partial charge in [-0.2, -0.15) is 0 Å². The third kappa shape index (κ3) is 5.54. The zero-order valence-electron chi connectivity index (χ0n) is 19.9. The lowest BCUT2D eigenvalue weighted by Crippen LogP contribution is -2.35. The van der Waals surface area contributed by atoms with Crippen LogP contribution in [0, 0.1) is 0 Å². The number of likely N-dealkylation sites (N-methyl/N-ethyl adjacent to an activating group) is 1. The first kappa shape index (κ1) is 24.3. The van der Waals surface area contributed by atoms with Crippen LogP contribution in [0.1, 0.15) is 37.9 Å². The van der Waals surface area contributed by atoms with Crippen molar-refractivity contribution in [3.05, 3.63) is 65.2 Å². The number of carbonyl (C=O) groups is 2. The van der Waals surface area contributed by atoms with Crippen molar-refractivity contribution in [1.82, 2.24) is 9.80 Å². The van der Waals surface area contributed by atoms with Gasteiger partial charge in [-0.05, 0) is 76.8 Å². The van der Waals surface area contributed by atoms with Gasteiger partial charge in [-0.3, -0.25) is 9.59 Å². The lowest BCUT2D eigenvalue weighted by atomic mass is 9.95. The summed E-state index contributed by atoms with van der Waals surface area (Å²) in [5.74, 6) is -0.135. The molecule has 1 saturated heterocycles. The Morgan fingerprint density at radius 3 is 2.18 bits per heavy atom. The van der Waals surface area contributed by atoms with Crippen molar-refractivity contribution in [2.24, 2.45) is 0 Å². The topological polar surface area (TPSA) is 79.3 Å². The highest BCUT2D eigenvalue weighted by Gasteiger charge is 2.45. The number of benzene rings is 2. The number of nitrogens with zero attached hydrogens (tertiary/aromatic N) is 2. The first-order valence-electron chi connectivity index (χ1n) is 11.2. The second-order valence-electron chi connectivity index (χ2n) is 8.49. The van der Waals surface area contributed by atoms with Crippen molar-refractivity contribution in [1.29, 1.82) is 0 Å². The highest BCUT2D eigenvalue weighted by atomic mass is 16.5. The van der Waals surface area contributed by atoms with E-state index >= 15 is 0 Å². The van der Waals surface area contributed by atoms with E-state index in [1.165, 1.54) is 4.90 Å². The third-order valence-corrected chi connectivity index (χ3v) is 5.33. The molecule has 33 heavy (non-hydrogen) atoms. The Balaban J connectivity index is 2.06. The molecule has 1 N–H and O–H groups in total. The van der Waals surface area contributed by atoms with E-state index in [0.29, 0.717) is 36.8 Å². The van der Waals surface area contributed by atoms with E-state index < -0.39 is 17.7 Å². The van der Waals surface area contributed by atoms with E-state index in [-0.39, 0.29) is 17.4 Å². The molecule has 3 rings (SSSR count). The Kier molecular flexibility index (Phi) is 7.76. The second-order valence-corrected chi connectivity index (χ2v) is 8.49. The molecular formula is C26H32N2O5. The number of aliphatic hydroxyl groups excluding tert-OH is 1. The van der Waals surface area contributed by atoms with Crippen LogP contribution < -0.4 is 9.47 Å². The Morgan fingerprint density at radius 2 is 1.64 bits per heavy atom. The van der Waals surface area contributed by atoms with Crippen LogP contribution in [0.4, 0.5) is 0 Å². The molecule has 0 aliphatic carbocycles. The molecule has 0 radical (unpaired) electrons. The molecule has 1 aliphatic heterocycles. The van der Waals surface area contributed by atoms with Gasteiger partial charge in [-0.1, -0.05) is 12.1 Å². The van der Waals surface area contributed by atoms with Crippen molar-refractivity contribution in [2.45, 2.75) is 32.9 Å². The van der Waals surface area contributed by atoms with Gasteiger partial charge in [-0.15, -0.1) is 0 Å². The summed E-state index contributed by atoms with van der Waals surface area (Å²) in [4.78, 5) is 29.5. The van der Waals surface area contributed by atoms with Gasteiger partial charge in [0.05, 0.1) is 24.3 Å². The molecule has 2 aromatic carbocycles. The summed E-state index contributed by atoms with van der Waals surface area (Å²) in [7, 11) is 3.81. The molecule has 0 bridgehead atoms. The number of rotatable bonds is 9. The summed E-state index contributed by atoms with van der Waals surface area (Å²) >= 11 is 0. The molecule has 7 nitrogen and oxygen atoms in total. The standard InChI is InChI=1S/C26H32N2O5/c1-6-32-20-11-9-19(10-12-20)24(29)22-23(18-7-13-21(14-8-18)33-17(2)3)28(16-15-27(4)5)26(31)25(22)30/h7-14,17,23,29H,6,15-16H2,1-5H3/b24-22+/t23-/m1/s1. The zero-order valence-corrected chi connectivity index (χ0v) is 19.9. The largest absolute Gasteiger partial charge is 0.507 e. The molecule has 1 heterocycles. The average Bonchev–Trinajstić information content (AvgIpc) is 3.03. The normalized spacial score (nSPS) is 17.8. The number of amides is 1. The van der Waals surface area contributed by atoms with Gasteiger partial charge < -0.3 is 24.4 Å². The lowest BCUT2D eigenvalue weighted by Gasteiger charge is -2.26. The molecule has 1 amide bonds. The van der Waals surface area contributed by atoms with Crippen LogP contribution in [0.25, 0.3) is 5.76 Å². The predicted molar refractivity (Wildman–Crippen MR) is 127 cm³/mol. The van der Waals surface area contributed by atoms with E-state index in [0.717, 1.165) is 5.56 Å². The van der Waals surface area contributed by atoms with Crippen LogP contribution in [0.3, 0.4) is 0 Å². The minimum absolute atomic E-state index is 0.0289. The van der Waals surface area contributed by atoms with E-state index in [2.05, 4.69) is 0 Å². The van der Waals surface area contributed by atoms with E-state index in [1.54, 1.807) is 24.3 Å². The Bertz CT molecular complexity index is 1010. The quantitative estimate of drug-likeness (QED) is 0.354. The first-order chi connectivity index (χ1) is 15.7. The molecule has 7 heteroatoms. The number of aliphatic hydroxyl groups is 1.